The second-order valence-electron chi connectivity index (χ2n) is 4.70. The third-order valence-electron chi connectivity index (χ3n) is 3.18. The molecular formula is C13H25N3S. The highest BCUT2D eigenvalue weighted by atomic mass is 32.1. The Morgan fingerprint density at radius 2 is 1.65 bits per heavy atom. The van der Waals surface area contributed by atoms with Gasteiger partial charge in [0.2, 0.25) is 0 Å². The molecule has 3 nitrogen and oxygen atoms in total. The van der Waals surface area contributed by atoms with Gasteiger partial charge in [-0.2, -0.15) is 5.10 Å². The van der Waals surface area contributed by atoms with Gasteiger partial charge in [0, 0.05) is 6.54 Å². The lowest BCUT2D eigenvalue weighted by Crippen LogP contribution is -2.00. The van der Waals surface area contributed by atoms with E-state index in [1.807, 2.05) is 6.92 Å². The first kappa shape index (κ1) is 14.4. The Labute approximate surface area is 110 Å². The molecule has 0 aliphatic heterocycles. The molecule has 0 aromatic carbocycles. The average molecular weight is 255 g/mol. The van der Waals surface area contributed by atoms with Crippen LogP contribution in [-0.4, -0.2) is 14.8 Å². The summed E-state index contributed by atoms with van der Waals surface area (Å²) in [5, 5.41) is 6.94. The number of aromatic amines is 1. The maximum atomic E-state index is 5.17. The van der Waals surface area contributed by atoms with E-state index in [-0.39, 0.29) is 0 Å². The number of H-pyrrole nitrogens is 1. The van der Waals surface area contributed by atoms with Gasteiger partial charge in [-0.3, -0.25) is 5.10 Å². The molecule has 1 aromatic rings. The number of aromatic nitrogens is 3. The average Bonchev–Trinajstić information content (AvgIpc) is 2.63. The fraction of sp³-hybridized carbons (Fsp3) is 0.846. The number of rotatable bonds is 9. The summed E-state index contributed by atoms with van der Waals surface area (Å²) in [5.41, 5.74) is 0. The van der Waals surface area contributed by atoms with Gasteiger partial charge >= 0.3 is 0 Å². The van der Waals surface area contributed by atoms with E-state index in [0.29, 0.717) is 0 Å². The van der Waals surface area contributed by atoms with E-state index in [1.54, 1.807) is 0 Å². The molecule has 0 aliphatic rings. The van der Waals surface area contributed by atoms with Crippen molar-refractivity contribution < 1.29 is 0 Å². The van der Waals surface area contributed by atoms with Crippen LogP contribution in [0, 0.1) is 11.7 Å². The smallest absolute Gasteiger partial charge is 0.195 e. The lowest BCUT2D eigenvalue weighted by Gasteiger charge is -2.04. The molecule has 0 spiro atoms. The van der Waals surface area contributed by atoms with E-state index >= 15 is 0 Å². The van der Waals surface area contributed by atoms with Crippen molar-refractivity contribution in [2.75, 3.05) is 0 Å². The number of nitrogens with zero attached hydrogens (tertiary/aromatic N) is 2. The zero-order chi connectivity index (χ0) is 12.5. The fourth-order valence-electron chi connectivity index (χ4n) is 2.06. The highest BCUT2D eigenvalue weighted by Gasteiger charge is 1.99. The third kappa shape index (κ3) is 5.48. The normalized spacial score (nSPS) is 10.9. The summed E-state index contributed by atoms with van der Waals surface area (Å²) in [6, 6.07) is 0. The standard InChI is InChI=1S/C13H25N3S/c1-3-4-5-6-7-8-9-10-11-16-12(2)14-15-13(16)17/h3-11H2,1-2H3,(H,15,17). The summed E-state index contributed by atoms with van der Waals surface area (Å²) >= 11 is 5.17. The van der Waals surface area contributed by atoms with Crippen LogP contribution in [0.1, 0.15) is 64.1 Å². The lowest BCUT2D eigenvalue weighted by atomic mass is 10.1. The van der Waals surface area contributed by atoms with Crippen LogP contribution in [-0.2, 0) is 6.54 Å². The van der Waals surface area contributed by atoms with Gasteiger partial charge in [0.15, 0.2) is 4.77 Å². The van der Waals surface area contributed by atoms with Gasteiger partial charge in [-0.1, -0.05) is 51.9 Å². The van der Waals surface area contributed by atoms with Crippen molar-refractivity contribution in [3.8, 4) is 0 Å². The molecule has 0 fully saturated rings. The van der Waals surface area contributed by atoms with Gasteiger partial charge in [0.05, 0.1) is 0 Å². The minimum absolute atomic E-state index is 0.755. The third-order valence-corrected chi connectivity index (χ3v) is 3.50. The van der Waals surface area contributed by atoms with Gasteiger partial charge in [-0.25, -0.2) is 0 Å². The van der Waals surface area contributed by atoms with E-state index in [0.717, 1.165) is 17.1 Å². The van der Waals surface area contributed by atoms with Crippen LogP contribution in [0.2, 0.25) is 0 Å². The Bertz CT molecular complexity index is 354. The highest BCUT2D eigenvalue weighted by Crippen LogP contribution is 2.09. The van der Waals surface area contributed by atoms with Crippen LogP contribution in [0.5, 0.6) is 0 Å². The minimum atomic E-state index is 0.755. The lowest BCUT2D eigenvalue weighted by molar-refractivity contribution is 0.536. The first-order valence-corrected chi connectivity index (χ1v) is 7.28. The van der Waals surface area contributed by atoms with Gasteiger partial charge in [-0.05, 0) is 25.6 Å². The monoisotopic (exact) mass is 255 g/mol. The van der Waals surface area contributed by atoms with E-state index in [9.17, 15) is 0 Å². The Balaban J connectivity index is 2.03. The molecule has 4 heteroatoms. The fourth-order valence-corrected chi connectivity index (χ4v) is 2.33. The second kappa shape index (κ2) is 8.45. The van der Waals surface area contributed by atoms with Crippen LogP contribution in [0.4, 0.5) is 0 Å². The van der Waals surface area contributed by atoms with Crippen LogP contribution in [0.3, 0.4) is 0 Å². The quantitative estimate of drug-likeness (QED) is 0.524. The molecule has 1 aromatic heterocycles. The summed E-state index contributed by atoms with van der Waals surface area (Å²) in [7, 11) is 0. The van der Waals surface area contributed by atoms with Crippen molar-refractivity contribution in [2.45, 2.75) is 71.8 Å². The largest absolute Gasteiger partial charge is 0.304 e. The molecule has 17 heavy (non-hydrogen) atoms. The van der Waals surface area contributed by atoms with E-state index in [1.165, 1.54) is 51.4 Å². The summed E-state index contributed by atoms with van der Waals surface area (Å²) < 4.78 is 2.84. The molecule has 1 rings (SSSR count). The molecule has 0 amide bonds. The molecule has 1 N–H and O–H groups in total. The first-order chi connectivity index (χ1) is 8.25. The molecule has 0 unspecified atom stereocenters. The number of hydrogen-bond acceptors (Lipinski definition) is 2. The van der Waals surface area contributed by atoms with Crippen LogP contribution in [0.15, 0.2) is 0 Å². The van der Waals surface area contributed by atoms with Crippen LogP contribution < -0.4 is 0 Å². The van der Waals surface area contributed by atoms with Crippen molar-refractivity contribution in [1.82, 2.24) is 14.8 Å². The van der Waals surface area contributed by atoms with Crippen LogP contribution in [0.25, 0.3) is 0 Å². The van der Waals surface area contributed by atoms with E-state index in [4.69, 9.17) is 12.2 Å². The molecule has 0 bridgehead atoms. The highest BCUT2D eigenvalue weighted by molar-refractivity contribution is 7.71. The van der Waals surface area contributed by atoms with E-state index < -0.39 is 0 Å². The zero-order valence-corrected chi connectivity index (χ0v) is 12.0. The molecule has 0 aliphatic carbocycles. The molecule has 0 saturated heterocycles. The molecule has 98 valence electrons. The van der Waals surface area contributed by atoms with Crippen molar-refractivity contribution >= 4 is 12.2 Å². The predicted molar refractivity (Wildman–Crippen MR) is 74.8 cm³/mol. The minimum Gasteiger partial charge on any atom is -0.304 e. The summed E-state index contributed by atoms with van der Waals surface area (Å²) in [6.45, 7) is 5.27. The topological polar surface area (TPSA) is 33.6 Å². The molecule has 0 saturated carbocycles. The Morgan fingerprint density at radius 3 is 2.18 bits per heavy atom. The van der Waals surface area contributed by atoms with Crippen molar-refractivity contribution in [1.29, 1.82) is 0 Å². The SMILES string of the molecule is CCCCCCCCCCn1c(C)n[nH]c1=S. The number of nitrogens with one attached hydrogen (secondary N) is 1. The van der Waals surface area contributed by atoms with Crippen LogP contribution >= 0.6 is 12.2 Å². The maximum Gasteiger partial charge on any atom is 0.195 e. The number of aryl methyl sites for hydroxylation is 1. The van der Waals surface area contributed by atoms with Gasteiger partial charge < -0.3 is 4.57 Å². The maximum absolute atomic E-state index is 5.17. The molecule has 0 atom stereocenters. The van der Waals surface area contributed by atoms with Crippen molar-refractivity contribution in [3.63, 3.8) is 0 Å². The van der Waals surface area contributed by atoms with Gasteiger partial charge in [0.1, 0.15) is 5.82 Å². The van der Waals surface area contributed by atoms with Gasteiger partial charge in [-0.15, -0.1) is 0 Å². The van der Waals surface area contributed by atoms with Gasteiger partial charge in [0.25, 0.3) is 0 Å². The van der Waals surface area contributed by atoms with E-state index in [2.05, 4.69) is 21.7 Å². The molecule has 0 radical (unpaired) electrons. The summed E-state index contributed by atoms with van der Waals surface area (Å²) in [4.78, 5) is 0. The zero-order valence-electron chi connectivity index (χ0n) is 11.2. The molecular weight excluding hydrogens is 230 g/mol. The Hall–Kier alpha value is -0.640. The predicted octanol–water partition coefficient (Wildman–Crippen LogP) is 4.39. The van der Waals surface area contributed by atoms with Crippen molar-refractivity contribution in [2.24, 2.45) is 0 Å². The number of hydrogen-bond donors (Lipinski definition) is 1. The molecule has 1 heterocycles. The summed E-state index contributed by atoms with van der Waals surface area (Å²) in [5.74, 6) is 0.998. The number of unbranched alkanes of at least 4 members (excludes halogenated alkanes) is 7. The Morgan fingerprint density at radius 1 is 1.06 bits per heavy atom. The summed E-state index contributed by atoms with van der Waals surface area (Å²) in [6.07, 6.45) is 10.8. The second-order valence-corrected chi connectivity index (χ2v) is 5.09. The van der Waals surface area contributed by atoms with Crippen molar-refractivity contribution in [3.05, 3.63) is 10.6 Å². The Kier molecular flexibility index (Phi) is 7.17. The first-order valence-electron chi connectivity index (χ1n) is 6.87.